The van der Waals surface area contributed by atoms with Crippen molar-refractivity contribution in [2.75, 3.05) is 19.0 Å². The van der Waals surface area contributed by atoms with Crippen LogP contribution < -0.4 is 10.6 Å². The van der Waals surface area contributed by atoms with Gasteiger partial charge >= 0.3 is 12.0 Å². The van der Waals surface area contributed by atoms with Gasteiger partial charge in [0, 0.05) is 24.1 Å². The number of hydrogen-bond acceptors (Lipinski definition) is 5. The fourth-order valence-electron chi connectivity index (χ4n) is 5.07. The second kappa shape index (κ2) is 11.9. The molecule has 0 aliphatic carbocycles. The molecule has 0 saturated carbocycles. The van der Waals surface area contributed by atoms with E-state index in [0.717, 1.165) is 0 Å². The lowest BCUT2D eigenvalue weighted by Crippen LogP contribution is -2.49. The summed E-state index contributed by atoms with van der Waals surface area (Å²) in [5.41, 5.74) is 2.95. The van der Waals surface area contributed by atoms with Gasteiger partial charge in [0.2, 0.25) is 5.91 Å². The minimum Gasteiger partial charge on any atom is -0.469 e. The van der Waals surface area contributed by atoms with Crippen LogP contribution in [-0.4, -0.2) is 46.4 Å². The highest BCUT2D eigenvalue weighted by Gasteiger charge is 2.34. The van der Waals surface area contributed by atoms with E-state index in [1.807, 2.05) is 18.2 Å². The summed E-state index contributed by atoms with van der Waals surface area (Å²) >= 11 is 5.96. The number of imidazole rings is 1. The Morgan fingerprint density at radius 3 is 2.88 bits per heavy atom. The van der Waals surface area contributed by atoms with Crippen LogP contribution in [-0.2, 0) is 20.7 Å². The molecule has 1 fully saturated rings. The second-order valence-electron chi connectivity index (χ2n) is 9.75. The monoisotopic (exact) mass is 565 g/mol. The number of H-pyrrole nitrogens is 1. The number of rotatable bonds is 4. The summed E-state index contributed by atoms with van der Waals surface area (Å²) in [4.78, 5) is 47.4. The molecule has 2 aliphatic rings. The first-order chi connectivity index (χ1) is 19.3. The third-order valence-electron chi connectivity index (χ3n) is 7.15. The number of benzene rings is 2. The summed E-state index contributed by atoms with van der Waals surface area (Å²) in [7, 11) is 1.33. The molecule has 3 amide bonds. The number of aromatic nitrogens is 2. The molecule has 2 bridgehead atoms. The van der Waals surface area contributed by atoms with Crippen LogP contribution in [0, 0.1) is 5.82 Å². The minimum absolute atomic E-state index is 0.0170. The highest BCUT2D eigenvalue weighted by molar-refractivity contribution is 6.30. The van der Waals surface area contributed by atoms with Gasteiger partial charge in [-0.1, -0.05) is 48.0 Å². The van der Waals surface area contributed by atoms with Crippen molar-refractivity contribution in [3.05, 3.63) is 82.5 Å². The Morgan fingerprint density at radius 1 is 1.23 bits per heavy atom. The Bertz CT molecular complexity index is 1470. The fraction of sp³-hybridized carbons (Fsp3) is 0.310. The normalized spacial score (nSPS) is 20.2. The van der Waals surface area contributed by atoms with Crippen LogP contribution in [0.5, 0.6) is 0 Å². The van der Waals surface area contributed by atoms with Gasteiger partial charge in [0.15, 0.2) is 0 Å². The first-order valence-electron chi connectivity index (χ1n) is 13.0. The van der Waals surface area contributed by atoms with Gasteiger partial charge < -0.3 is 25.3 Å². The topological polar surface area (TPSA) is 116 Å². The number of aromatic amines is 1. The summed E-state index contributed by atoms with van der Waals surface area (Å²) in [6.07, 6.45) is 7.33. The van der Waals surface area contributed by atoms with Crippen LogP contribution >= 0.6 is 11.6 Å². The third-order valence-corrected chi connectivity index (χ3v) is 7.44. The number of urea groups is 1. The smallest absolute Gasteiger partial charge is 0.318 e. The van der Waals surface area contributed by atoms with Gasteiger partial charge in [0.25, 0.3) is 0 Å². The van der Waals surface area contributed by atoms with E-state index in [1.54, 1.807) is 35.4 Å². The van der Waals surface area contributed by atoms with Crippen molar-refractivity contribution in [2.45, 2.75) is 44.2 Å². The Balaban J connectivity index is 1.44. The number of nitrogens with zero attached hydrogens (tertiary/aromatic N) is 2. The predicted octanol–water partition coefficient (Wildman–Crippen LogP) is 5.46. The molecule has 1 aromatic heterocycles. The molecule has 3 aromatic rings. The van der Waals surface area contributed by atoms with E-state index in [9.17, 15) is 18.8 Å². The van der Waals surface area contributed by atoms with Gasteiger partial charge in [0.1, 0.15) is 11.6 Å². The first kappa shape index (κ1) is 27.4. The molecule has 1 saturated heterocycles. The predicted molar refractivity (Wildman–Crippen MR) is 148 cm³/mol. The minimum atomic E-state index is -0.528. The van der Waals surface area contributed by atoms with E-state index in [2.05, 4.69) is 20.6 Å². The number of fused-ring (bicyclic) bond motifs is 4. The molecule has 3 heterocycles. The van der Waals surface area contributed by atoms with Crippen molar-refractivity contribution >= 4 is 35.2 Å². The van der Waals surface area contributed by atoms with E-state index in [1.165, 1.54) is 13.2 Å². The van der Waals surface area contributed by atoms with Crippen molar-refractivity contribution < 1.29 is 23.5 Å². The molecule has 5 rings (SSSR count). The molecule has 208 valence electrons. The molecule has 11 heteroatoms. The van der Waals surface area contributed by atoms with Gasteiger partial charge in [0.05, 0.1) is 48.2 Å². The van der Waals surface area contributed by atoms with Crippen molar-refractivity contribution in [1.82, 2.24) is 20.2 Å². The van der Waals surface area contributed by atoms with Crippen LogP contribution in [0.2, 0.25) is 5.02 Å². The molecule has 2 atom stereocenters. The van der Waals surface area contributed by atoms with Gasteiger partial charge in [-0.25, -0.2) is 14.2 Å². The molecule has 3 N–H and O–H groups in total. The number of hydrogen-bond donors (Lipinski definition) is 3. The number of amides is 3. The SMILES string of the molecule is COC(=O)Cc1ccc2c(c1)NC(=O)CC/C=C/C[C@H](N1CC[C@@H](c3cccc(Cl)c3F)NC1=O)c1ncc-2[nH]1. The average molecular weight is 566 g/mol. The number of esters is 1. The number of anilines is 1. The zero-order chi connectivity index (χ0) is 28.2. The van der Waals surface area contributed by atoms with Crippen LogP contribution in [0.15, 0.2) is 54.7 Å². The summed E-state index contributed by atoms with van der Waals surface area (Å²) in [6, 6.07) is 8.90. The maximum Gasteiger partial charge on any atom is 0.318 e. The molecule has 0 spiro atoms. The van der Waals surface area contributed by atoms with E-state index in [4.69, 9.17) is 16.3 Å². The Labute approximate surface area is 235 Å². The lowest BCUT2D eigenvalue weighted by molar-refractivity contribution is -0.139. The lowest BCUT2D eigenvalue weighted by Gasteiger charge is -2.37. The molecule has 0 radical (unpaired) electrons. The van der Waals surface area contributed by atoms with Crippen LogP contribution in [0.25, 0.3) is 11.3 Å². The lowest BCUT2D eigenvalue weighted by atomic mass is 10.00. The Morgan fingerprint density at radius 2 is 2.08 bits per heavy atom. The van der Waals surface area contributed by atoms with Gasteiger partial charge in [-0.05, 0) is 37.0 Å². The Hall–Kier alpha value is -4.18. The standard InChI is InChI=1S/C29H29ClFN5O4/c1-40-26(38)15-17-10-11-18-22(14-17)33-25(37)9-4-2-3-8-24(28-32-16-23(18)34-28)36-13-12-21(35-29(36)39)19-6-5-7-20(30)27(19)31/h2-3,5-7,10-11,14,16,21,24H,4,8-9,12-13,15H2,1H3,(H,32,34)(H,33,37)(H,35,39)/b3-2+/t21-,24-/m0/s1. The maximum atomic E-state index is 14.6. The molecule has 0 unspecified atom stereocenters. The number of carbonyl (C=O) groups excluding carboxylic acids is 3. The van der Waals surface area contributed by atoms with Crippen molar-refractivity contribution in [3.8, 4) is 11.3 Å². The van der Waals surface area contributed by atoms with Crippen molar-refractivity contribution in [1.29, 1.82) is 0 Å². The molecule has 9 nitrogen and oxygen atoms in total. The van der Waals surface area contributed by atoms with Gasteiger partial charge in [-0.2, -0.15) is 0 Å². The van der Waals surface area contributed by atoms with E-state index in [-0.39, 0.29) is 35.8 Å². The largest absolute Gasteiger partial charge is 0.469 e. The Kier molecular flexibility index (Phi) is 8.16. The zero-order valence-electron chi connectivity index (χ0n) is 21.9. The van der Waals surface area contributed by atoms with E-state index < -0.39 is 17.9 Å². The molecule has 40 heavy (non-hydrogen) atoms. The van der Waals surface area contributed by atoms with Gasteiger partial charge in [-0.15, -0.1) is 0 Å². The van der Waals surface area contributed by atoms with Crippen LogP contribution in [0.4, 0.5) is 14.9 Å². The van der Waals surface area contributed by atoms with Crippen LogP contribution in [0.1, 0.15) is 54.7 Å². The van der Waals surface area contributed by atoms with E-state index in [0.29, 0.717) is 59.7 Å². The zero-order valence-corrected chi connectivity index (χ0v) is 22.6. The van der Waals surface area contributed by atoms with Crippen LogP contribution in [0.3, 0.4) is 0 Å². The summed E-state index contributed by atoms with van der Waals surface area (Å²) < 4.78 is 19.4. The first-order valence-corrected chi connectivity index (χ1v) is 13.4. The molecule has 2 aliphatic heterocycles. The quantitative estimate of drug-likeness (QED) is 0.287. The molecular weight excluding hydrogens is 537 g/mol. The van der Waals surface area contributed by atoms with E-state index >= 15 is 0 Å². The average Bonchev–Trinajstić information content (AvgIpc) is 3.42. The fourth-order valence-corrected chi connectivity index (χ4v) is 5.25. The third kappa shape index (κ3) is 5.86. The number of carbonyl (C=O) groups is 3. The van der Waals surface area contributed by atoms with Crippen molar-refractivity contribution in [3.63, 3.8) is 0 Å². The van der Waals surface area contributed by atoms with Gasteiger partial charge in [-0.3, -0.25) is 9.59 Å². The number of methoxy groups -OCH3 is 1. The highest BCUT2D eigenvalue weighted by Crippen LogP contribution is 2.34. The summed E-state index contributed by atoms with van der Waals surface area (Å²) in [6.45, 7) is 0.379. The molecule has 2 aromatic carbocycles. The number of ether oxygens (including phenoxy) is 1. The highest BCUT2D eigenvalue weighted by atomic mass is 35.5. The maximum absolute atomic E-state index is 14.6. The number of allylic oxidation sites excluding steroid dienone is 1. The van der Waals surface area contributed by atoms with Crippen molar-refractivity contribution in [2.24, 2.45) is 0 Å². The number of nitrogens with one attached hydrogen (secondary N) is 3. The number of halogens is 2. The summed E-state index contributed by atoms with van der Waals surface area (Å²) in [5.74, 6) is -0.489. The molecular formula is C29H29ClFN5O4. The second-order valence-corrected chi connectivity index (χ2v) is 10.2. The summed E-state index contributed by atoms with van der Waals surface area (Å²) in [5, 5.41) is 5.89.